The summed E-state index contributed by atoms with van der Waals surface area (Å²) < 4.78 is 1.31. The van der Waals surface area contributed by atoms with Gasteiger partial charge >= 0.3 is 0 Å². The number of thioether (sulfide) groups is 1. The lowest BCUT2D eigenvalue weighted by Crippen LogP contribution is -2.49. The Labute approximate surface area is 156 Å². The van der Waals surface area contributed by atoms with Gasteiger partial charge < -0.3 is 14.7 Å². The maximum Gasteiger partial charge on any atom is 0.268 e. The van der Waals surface area contributed by atoms with Crippen molar-refractivity contribution in [3.05, 3.63) is 33.7 Å². The Morgan fingerprint density at radius 3 is 2.81 bits per heavy atom. The van der Waals surface area contributed by atoms with E-state index in [9.17, 15) is 9.59 Å². The van der Waals surface area contributed by atoms with Gasteiger partial charge in [0.15, 0.2) is 5.17 Å². The van der Waals surface area contributed by atoms with E-state index in [1.807, 2.05) is 4.90 Å². The minimum Gasteiger partial charge on any atom is -0.367 e. The maximum atomic E-state index is 12.7. The maximum absolute atomic E-state index is 12.7. The van der Waals surface area contributed by atoms with E-state index in [4.69, 9.17) is 0 Å². The van der Waals surface area contributed by atoms with Crippen LogP contribution < -0.4 is 10.5 Å². The molecule has 0 saturated carbocycles. The van der Waals surface area contributed by atoms with E-state index in [-0.39, 0.29) is 11.5 Å². The van der Waals surface area contributed by atoms with Crippen molar-refractivity contribution >= 4 is 28.5 Å². The first-order valence-corrected chi connectivity index (χ1v) is 9.73. The van der Waals surface area contributed by atoms with Gasteiger partial charge in [0.25, 0.3) is 5.56 Å². The molecular formula is C17H22N6O2S. The third-order valence-electron chi connectivity index (χ3n) is 4.95. The molecule has 138 valence electrons. The fourth-order valence-corrected chi connectivity index (χ4v) is 4.34. The number of anilines is 1. The van der Waals surface area contributed by atoms with Crippen LogP contribution in [0.3, 0.4) is 0 Å². The number of piperazine rings is 1. The van der Waals surface area contributed by atoms with Gasteiger partial charge in [-0.2, -0.15) is 5.10 Å². The van der Waals surface area contributed by atoms with E-state index in [2.05, 4.69) is 25.3 Å². The molecule has 1 amide bonds. The fraction of sp³-hybridized carbons (Fsp3) is 0.529. The lowest BCUT2D eigenvalue weighted by atomic mass is 10.2. The Bertz CT molecular complexity index is 825. The Hall–Kier alpha value is -2.29. The van der Waals surface area contributed by atoms with Crippen LogP contribution in [0.2, 0.25) is 0 Å². The van der Waals surface area contributed by atoms with Gasteiger partial charge in [0.1, 0.15) is 0 Å². The molecular weight excluding hydrogens is 352 g/mol. The third kappa shape index (κ3) is 3.35. The van der Waals surface area contributed by atoms with E-state index in [1.165, 1.54) is 4.68 Å². The summed E-state index contributed by atoms with van der Waals surface area (Å²) in [7, 11) is 1.64. The molecule has 0 N–H and O–H groups in total. The van der Waals surface area contributed by atoms with Crippen LogP contribution in [0, 0.1) is 0 Å². The molecule has 3 aliphatic heterocycles. The van der Waals surface area contributed by atoms with Gasteiger partial charge in [-0.15, -0.1) is 0 Å². The Morgan fingerprint density at radius 2 is 2.04 bits per heavy atom. The minimum absolute atomic E-state index is 0.120. The summed E-state index contributed by atoms with van der Waals surface area (Å²) in [5.74, 6) is 0.158. The molecule has 0 aromatic carbocycles. The fourth-order valence-electron chi connectivity index (χ4n) is 3.39. The zero-order valence-corrected chi connectivity index (χ0v) is 15.6. The van der Waals surface area contributed by atoms with Crippen LogP contribution in [-0.2, 0) is 11.8 Å². The molecule has 0 radical (unpaired) electrons. The molecule has 8 nitrogen and oxygen atoms in total. The van der Waals surface area contributed by atoms with Crippen LogP contribution >= 0.6 is 11.8 Å². The summed E-state index contributed by atoms with van der Waals surface area (Å²) in [6, 6.07) is 1.60. The summed E-state index contributed by atoms with van der Waals surface area (Å²) in [5.41, 5.74) is 1.77. The second-order valence-corrected chi connectivity index (χ2v) is 7.45. The van der Waals surface area contributed by atoms with Crippen molar-refractivity contribution in [1.29, 1.82) is 0 Å². The summed E-state index contributed by atoms with van der Waals surface area (Å²) in [5, 5.41) is 7.16. The number of hydrogen-bond donors (Lipinski definition) is 0. The lowest BCUT2D eigenvalue weighted by molar-refractivity contribution is -0.130. The number of carbonyl (C=O) groups is 1. The quantitative estimate of drug-likeness (QED) is 0.766. The van der Waals surface area contributed by atoms with Crippen molar-refractivity contribution < 1.29 is 4.79 Å². The normalized spacial score (nSPS) is 20.0. The van der Waals surface area contributed by atoms with E-state index < -0.39 is 0 Å². The highest BCUT2D eigenvalue weighted by Gasteiger charge is 2.29. The number of rotatable bonds is 3. The number of aromatic nitrogens is 2. The first-order chi connectivity index (χ1) is 12.6. The highest BCUT2D eigenvalue weighted by Crippen LogP contribution is 2.31. The average Bonchev–Trinajstić information content (AvgIpc) is 3.07. The molecule has 0 unspecified atom stereocenters. The number of amidine groups is 1. The van der Waals surface area contributed by atoms with Crippen LogP contribution in [0.4, 0.5) is 5.69 Å². The van der Waals surface area contributed by atoms with Gasteiger partial charge in [0, 0.05) is 58.1 Å². The predicted octanol–water partition coefficient (Wildman–Crippen LogP) is 0.469. The number of aliphatic imine (C=N–C) groups is 1. The zero-order valence-electron chi connectivity index (χ0n) is 14.8. The molecule has 3 aliphatic rings. The van der Waals surface area contributed by atoms with Crippen molar-refractivity contribution in [3.8, 4) is 0 Å². The molecule has 0 spiro atoms. The van der Waals surface area contributed by atoms with Crippen molar-refractivity contribution in [1.82, 2.24) is 19.6 Å². The van der Waals surface area contributed by atoms with Gasteiger partial charge in [-0.1, -0.05) is 11.8 Å². The van der Waals surface area contributed by atoms with Crippen molar-refractivity contribution in [2.24, 2.45) is 12.0 Å². The molecule has 1 saturated heterocycles. The minimum atomic E-state index is -0.120. The molecule has 0 atom stereocenters. The molecule has 0 aliphatic carbocycles. The first-order valence-electron chi connectivity index (χ1n) is 8.85. The van der Waals surface area contributed by atoms with E-state index in [0.29, 0.717) is 32.6 Å². The number of carbonyl (C=O) groups excluding carboxylic acids is 1. The summed E-state index contributed by atoms with van der Waals surface area (Å²) >= 11 is 1.62. The molecule has 0 bridgehead atoms. The molecule has 4 heterocycles. The van der Waals surface area contributed by atoms with E-state index >= 15 is 0 Å². The molecule has 1 aromatic rings. The second kappa shape index (κ2) is 7.14. The Balaban J connectivity index is 1.34. The van der Waals surface area contributed by atoms with Crippen molar-refractivity contribution in [2.75, 3.05) is 44.2 Å². The van der Waals surface area contributed by atoms with Gasteiger partial charge in [-0.3, -0.25) is 14.6 Å². The van der Waals surface area contributed by atoms with Crippen LogP contribution in [0.15, 0.2) is 33.2 Å². The zero-order chi connectivity index (χ0) is 18.1. The standard InChI is InChI=1S/C17H22N6O2S/c1-20-15(24)9-13(11-19-20)21-5-7-22(8-6-21)16(25)10-14-12-26-17-18-3-2-4-23(14)17/h9,11-12H,2-8,10H2,1H3. The number of amides is 1. The van der Waals surface area contributed by atoms with Gasteiger partial charge in [0.2, 0.25) is 5.91 Å². The number of aryl methyl sites for hydroxylation is 1. The van der Waals surface area contributed by atoms with Crippen LogP contribution in [0.25, 0.3) is 0 Å². The van der Waals surface area contributed by atoms with Crippen LogP contribution in [0.1, 0.15) is 12.8 Å². The molecule has 4 rings (SSSR count). The largest absolute Gasteiger partial charge is 0.367 e. The molecule has 9 heteroatoms. The number of nitrogens with zero attached hydrogens (tertiary/aromatic N) is 6. The van der Waals surface area contributed by atoms with Crippen LogP contribution in [0.5, 0.6) is 0 Å². The van der Waals surface area contributed by atoms with Crippen molar-refractivity contribution in [3.63, 3.8) is 0 Å². The number of fused-ring (bicyclic) bond motifs is 1. The Kier molecular flexibility index (Phi) is 4.71. The topological polar surface area (TPSA) is 74.0 Å². The SMILES string of the molecule is Cn1ncc(N2CCN(C(=O)CC3=CSC4=NCCCN34)CC2)cc1=O. The molecule has 1 fully saturated rings. The van der Waals surface area contributed by atoms with E-state index in [1.54, 1.807) is 31.1 Å². The smallest absolute Gasteiger partial charge is 0.268 e. The first kappa shape index (κ1) is 17.1. The van der Waals surface area contributed by atoms with Gasteiger partial charge in [-0.05, 0) is 11.8 Å². The second-order valence-electron chi connectivity index (χ2n) is 6.62. The van der Waals surface area contributed by atoms with E-state index in [0.717, 1.165) is 36.1 Å². The molecule has 26 heavy (non-hydrogen) atoms. The monoisotopic (exact) mass is 374 g/mol. The van der Waals surface area contributed by atoms with Crippen molar-refractivity contribution in [2.45, 2.75) is 12.8 Å². The average molecular weight is 374 g/mol. The number of hydrogen-bond acceptors (Lipinski definition) is 7. The molecule has 1 aromatic heterocycles. The van der Waals surface area contributed by atoms with Gasteiger partial charge in [0.05, 0.1) is 18.3 Å². The summed E-state index contributed by atoms with van der Waals surface area (Å²) in [6.45, 7) is 4.59. The Morgan fingerprint density at radius 1 is 1.23 bits per heavy atom. The highest BCUT2D eigenvalue weighted by molar-refractivity contribution is 8.16. The van der Waals surface area contributed by atoms with Crippen LogP contribution in [-0.4, -0.2) is 69.9 Å². The van der Waals surface area contributed by atoms with Gasteiger partial charge in [-0.25, -0.2) is 4.68 Å². The predicted molar refractivity (Wildman–Crippen MR) is 102 cm³/mol. The summed E-state index contributed by atoms with van der Waals surface area (Å²) in [4.78, 5) is 35.1. The highest BCUT2D eigenvalue weighted by atomic mass is 32.2. The lowest BCUT2D eigenvalue weighted by Gasteiger charge is -2.36. The third-order valence-corrected chi connectivity index (χ3v) is 5.90. The summed E-state index contributed by atoms with van der Waals surface area (Å²) in [6.07, 6.45) is 3.18.